The second kappa shape index (κ2) is 6.89. The van der Waals surface area contributed by atoms with Gasteiger partial charge in [-0.3, -0.25) is 0 Å². The average Bonchev–Trinajstić information content (AvgIpc) is 2.95. The molecule has 2 heterocycles. The summed E-state index contributed by atoms with van der Waals surface area (Å²) in [7, 11) is -1.80. The molecule has 0 spiro atoms. The molecule has 1 aliphatic rings. The Labute approximate surface area is 127 Å². The van der Waals surface area contributed by atoms with Crippen molar-refractivity contribution in [1.29, 1.82) is 0 Å². The van der Waals surface area contributed by atoms with Crippen molar-refractivity contribution in [2.24, 2.45) is 0 Å². The number of nitrogens with zero attached hydrogens (tertiary/aromatic N) is 3. The van der Waals surface area contributed by atoms with E-state index in [1.54, 1.807) is 17.4 Å². The molecule has 1 saturated heterocycles. The van der Waals surface area contributed by atoms with Gasteiger partial charge in [0.15, 0.2) is 0 Å². The number of aryl methyl sites for hydroxylation is 1. The van der Waals surface area contributed by atoms with Crippen LogP contribution in [0.25, 0.3) is 0 Å². The van der Waals surface area contributed by atoms with E-state index in [-0.39, 0.29) is 17.9 Å². The van der Waals surface area contributed by atoms with Crippen LogP contribution >= 0.6 is 0 Å². The van der Waals surface area contributed by atoms with E-state index >= 15 is 0 Å². The number of methoxy groups -OCH3 is 1. The average molecular weight is 315 g/mol. The maximum absolute atomic E-state index is 12.7. The molecule has 6 nitrogen and oxygen atoms in total. The quantitative estimate of drug-likeness (QED) is 0.803. The molecule has 1 aliphatic heterocycles. The molecular formula is C14H25N3O3S. The number of ether oxygens (including phenoxy) is 1. The lowest BCUT2D eigenvalue weighted by Gasteiger charge is -2.35. The second-order valence-electron chi connectivity index (χ2n) is 5.52. The number of imidazole rings is 1. The lowest BCUT2D eigenvalue weighted by Crippen LogP contribution is -2.42. The third-order valence-electron chi connectivity index (χ3n) is 4.05. The molecule has 1 fully saturated rings. The lowest BCUT2D eigenvalue weighted by atomic mass is 10.0. The van der Waals surface area contributed by atoms with Crippen LogP contribution in [0.3, 0.4) is 0 Å². The van der Waals surface area contributed by atoms with Gasteiger partial charge in [0.25, 0.3) is 0 Å². The number of piperidine rings is 1. The third kappa shape index (κ3) is 3.64. The molecular weight excluding hydrogens is 290 g/mol. The topological polar surface area (TPSA) is 64.4 Å². The van der Waals surface area contributed by atoms with Crippen molar-refractivity contribution in [3.8, 4) is 0 Å². The van der Waals surface area contributed by atoms with Crippen LogP contribution in [0.15, 0.2) is 12.4 Å². The van der Waals surface area contributed by atoms with Gasteiger partial charge in [-0.15, -0.1) is 0 Å². The van der Waals surface area contributed by atoms with Crippen LogP contribution in [-0.2, 0) is 21.3 Å². The summed E-state index contributed by atoms with van der Waals surface area (Å²) >= 11 is 0. The molecule has 0 bridgehead atoms. The molecule has 0 saturated carbocycles. The number of hydrogen-bond acceptors (Lipinski definition) is 4. The minimum atomic E-state index is -3.34. The van der Waals surface area contributed by atoms with Crippen LogP contribution in [0.1, 0.15) is 45.0 Å². The highest BCUT2D eigenvalue weighted by Gasteiger charge is 2.36. The number of aromatic nitrogens is 2. The highest BCUT2D eigenvalue weighted by Crippen LogP contribution is 2.32. The van der Waals surface area contributed by atoms with E-state index in [1.807, 2.05) is 17.7 Å². The van der Waals surface area contributed by atoms with Gasteiger partial charge < -0.3 is 9.30 Å². The predicted molar refractivity (Wildman–Crippen MR) is 81.5 cm³/mol. The van der Waals surface area contributed by atoms with Gasteiger partial charge in [0.05, 0.1) is 17.9 Å². The zero-order chi connectivity index (χ0) is 15.5. The molecule has 7 heteroatoms. The second-order valence-corrected chi connectivity index (χ2v) is 7.48. The van der Waals surface area contributed by atoms with Crippen molar-refractivity contribution >= 4 is 10.0 Å². The van der Waals surface area contributed by atoms with Crippen LogP contribution in [0.5, 0.6) is 0 Å². The van der Waals surface area contributed by atoms with E-state index in [2.05, 4.69) is 4.98 Å². The van der Waals surface area contributed by atoms with Crippen LogP contribution in [0.4, 0.5) is 0 Å². The van der Waals surface area contributed by atoms with Crippen molar-refractivity contribution in [3.05, 3.63) is 18.2 Å². The molecule has 120 valence electrons. The molecule has 0 aliphatic carbocycles. The summed E-state index contributed by atoms with van der Waals surface area (Å²) in [6.07, 6.45) is 6.13. The first-order chi connectivity index (χ1) is 9.99. The fourth-order valence-electron chi connectivity index (χ4n) is 2.84. The predicted octanol–water partition coefficient (Wildman–Crippen LogP) is 1.79. The zero-order valence-corrected chi connectivity index (χ0v) is 13.8. The largest absolute Gasteiger partial charge is 0.381 e. The van der Waals surface area contributed by atoms with Gasteiger partial charge in [0.2, 0.25) is 10.0 Å². The number of hydrogen-bond donors (Lipinski definition) is 0. The Morgan fingerprint density at radius 2 is 2.24 bits per heavy atom. The lowest BCUT2D eigenvalue weighted by molar-refractivity contribution is 0.133. The smallest absolute Gasteiger partial charge is 0.217 e. The summed E-state index contributed by atoms with van der Waals surface area (Å²) in [6, 6.07) is -0.150. The molecule has 2 atom stereocenters. The van der Waals surface area contributed by atoms with E-state index < -0.39 is 10.0 Å². The van der Waals surface area contributed by atoms with Crippen LogP contribution in [0.2, 0.25) is 0 Å². The first-order valence-electron chi connectivity index (χ1n) is 7.53. The normalized spacial score (nSPS) is 22.3. The van der Waals surface area contributed by atoms with Crippen LogP contribution in [-0.4, -0.2) is 47.8 Å². The van der Waals surface area contributed by atoms with Gasteiger partial charge in [-0.05, 0) is 26.7 Å². The Balaban J connectivity index is 2.27. The van der Waals surface area contributed by atoms with Gasteiger partial charge in [0.1, 0.15) is 5.82 Å². The minimum Gasteiger partial charge on any atom is -0.381 e. The SMILES string of the molecule is CCn1ccnc1[C@@H]1CCCCN1S(=O)(=O)C[C@@H](C)OC. The number of sulfonamides is 1. The van der Waals surface area contributed by atoms with Gasteiger partial charge in [-0.25, -0.2) is 13.4 Å². The summed E-state index contributed by atoms with van der Waals surface area (Å²) in [6.45, 7) is 5.19. The van der Waals surface area contributed by atoms with Crippen molar-refractivity contribution in [3.63, 3.8) is 0 Å². The summed E-state index contributed by atoms with van der Waals surface area (Å²) in [5.74, 6) is 0.873. The zero-order valence-electron chi connectivity index (χ0n) is 13.0. The molecule has 0 unspecified atom stereocenters. The van der Waals surface area contributed by atoms with Crippen molar-refractivity contribution in [2.45, 2.75) is 51.8 Å². The monoisotopic (exact) mass is 315 g/mol. The highest BCUT2D eigenvalue weighted by molar-refractivity contribution is 7.89. The fourth-order valence-corrected chi connectivity index (χ4v) is 4.76. The van der Waals surface area contributed by atoms with Gasteiger partial charge in [-0.1, -0.05) is 6.42 Å². The summed E-state index contributed by atoms with van der Waals surface area (Å²) in [5.41, 5.74) is 0. The van der Waals surface area contributed by atoms with E-state index in [1.165, 1.54) is 7.11 Å². The molecule has 21 heavy (non-hydrogen) atoms. The van der Waals surface area contributed by atoms with Crippen LogP contribution in [0, 0.1) is 0 Å². The van der Waals surface area contributed by atoms with E-state index in [0.29, 0.717) is 6.54 Å². The first-order valence-corrected chi connectivity index (χ1v) is 9.13. The first kappa shape index (κ1) is 16.5. The van der Waals surface area contributed by atoms with Crippen LogP contribution < -0.4 is 0 Å². The molecule has 1 aromatic heterocycles. The summed E-state index contributed by atoms with van der Waals surface area (Å²) < 4.78 is 34.1. The van der Waals surface area contributed by atoms with E-state index in [0.717, 1.165) is 31.6 Å². The molecule has 0 aromatic carbocycles. The Kier molecular flexibility index (Phi) is 5.40. The van der Waals surface area contributed by atoms with Gasteiger partial charge >= 0.3 is 0 Å². The molecule has 0 N–H and O–H groups in total. The van der Waals surface area contributed by atoms with E-state index in [4.69, 9.17) is 4.74 Å². The Morgan fingerprint density at radius 3 is 2.90 bits per heavy atom. The molecule has 0 amide bonds. The summed E-state index contributed by atoms with van der Waals surface area (Å²) in [5, 5.41) is 0. The highest BCUT2D eigenvalue weighted by atomic mass is 32.2. The third-order valence-corrected chi connectivity index (χ3v) is 6.09. The van der Waals surface area contributed by atoms with Crippen molar-refractivity contribution < 1.29 is 13.2 Å². The molecule has 0 radical (unpaired) electrons. The molecule has 2 rings (SSSR count). The standard InChI is InChI=1S/C14H25N3O3S/c1-4-16-10-8-15-14(16)13-7-5-6-9-17(13)21(18,19)11-12(2)20-3/h8,10,12-13H,4-7,9,11H2,1-3H3/t12-,13+/m1/s1. The Hall–Kier alpha value is -0.920. The van der Waals surface area contributed by atoms with Crippen molar-refractivity contribution in [2.75, 3.05) is 19.4 Å². The van der Waals surface area contributed by atoms with Gasteiger partial charge in [0, 0.05) is 32.6 Å². The molecule has 1 aromatic rings. The maximum Gasteiger partial charge on any atom is 0.217 e. The minimum absolute atomic E-state index is 0.0207. The van der Waals surface area contributed by atoms with E-state index in [9.17, 15) is 8.42 Å². The Morgan fingerprint density at radius 1 is 1.48 bits per heavy atom. The number of rotatable bonds is 6. The maximum atomic E-state index is 12.7. The van der Waals surface area contributed by atoms with Gasteiger partial charge in [-0.2, -0.15) is 4.31 Å². The fraction of sp³-hybridized carbons (Fsp3) is 0.786. The van der Waals surface area contributed by atoms with Crippen molar-refractivity contribution in [1.82, 2.24) is 13.9 Å². The Bertz CT molecular complexity index is 556. The summed E-state index contributed by atoms with van der Waals surface area (Å²) in [4.78, 5) is 4.40.